The molecule has 0 aliphatic heterocycles. The molecule has 1 fully saturated rings. The number of benzene rings is 2. The molecular weight excluding hydrogens is 284 g/mol. The Balaban J connectivity index is 1.92. The summed E-state index contributed by atoms with van der Waals surface area (Å²) in [4.78, 5) is 12.0. The third kappa shape index (κ3) is 2.35. The largest absolute Gasteiger partial charge is 0.423 e. The van der Waals surface area contributed by atoms with Gasteiger partial charge in [0.05, 0.1) is 0 Å². The van der Waals surface area contributed by atoms with Crippen LogP contribution in [0.2, 0.25) is 0 Å². The van der Waals surface area contributed by atoms with Gasteiger partial charge in [0.15, 0.2) is 0 Å². The number of fused-ring (bicyclic) bond motifs is 1. The van der Waals surface area contributed by atoms with E-state index in [-0.39, 0.29) is 5.63 Å². The number of aryl methyl sites for hydroxylation is 1. The van der Waals surface area contributed by atoms with Crippen LogP contribution in [0, 0.1) is 25.2 Å². The Morgan fingerprint density at radius 2 is 1.96 bits per heavy atom. The Morgan fingerprint density at radius 1 is 1.13 bits per heavy atom. The Labute approximate surface area is 134 Å². The quantitative estimate of drug-likeness (QED) is 0.515. The van der Waals surface area contributed by atoms with Gasteiger partial charge in [-0.05, 0) is 42.0 Å². The molecule has 2 atom stereocenters. The van der Waals surface area contributed by atoms with E-state index in [1.165, 1.54) is 0 Å². The molecule has 1 aliphatic carbocycles. The number of terminal acetylenes is 1. The molecule has 3 aromatic rings. The number of rotatable bonds is 2. The van der Waals surface area contributed by atoms with E-state index in [4.69, 9.17) is 10.8 Å². The topological polar surface area (TPSA) is 30.2 Å². The molecular formula is C21H16O2. The summed E-state index contributed by atoms with van der Waals surface area (Å²) in [6, 6.07) is 15.8. The normalized spacial score (nSPS) is 19.5. The molecule has 1 aromatic heterocycles. The van der Waals surface area contributed by atoms with E-state index in [9.17, 15) is 4.79 Å². The van der Waals surface area contributed by atoms with Gasteiger partial charge in [-0.2, -0.15) is 0 Å². The van der Waals surface area contributed by atoms with Gasteiger partial charge in [0.2, 0.25) is 0 Å². The van der Waals surface area contributed by atoms with Crippen LogP contribution in [-0.4, -0.2) is 0 Å². The Bertz CT molecular complexity index is 1000. The molecule has 0 saturated heterocycles. The smallest absolute Gasteiger partial charge is 0.336 e. The molecule has 0 spiro atoms. The van der Waals surface area contributed by atoms with Crippen molar-refractivity contribution in [1.29, 1.82) is 0 Å². The average molecular weight is 300 g/mol. The van der Waals surface area contributed by atoms with Gasteiger partial charge in [-0.15, -0.1) is 12.3 Å². The minimum absolute atomic E-state index is 0.318. The lowest BCUT2D eigenvalue weighted by atomic mass is 9.96. The molecule has 23 heavy (non-hydrogen) atoms. The first-order chi connectivity index (χ1) is 11.2. The summed E-state index contributed by atoms with van der Waals surface area (Å²) in [6.07, 6.45) is 6.51. The summed E-state index contributed by atoms with van der Waals surface area (Å²) in [5.74, 6) is 3.52. The van der Waals surface area contributed by atoms with Crippen LogP contribution < -0.4 is 5.63 Å². The fraction of sp³-hybridized carbons (Fsp3) is 0.190. The highest BCUT2D eigenvalue weighted by atomic mass is 16.4. The van der Waals surface area contributed by atoms with Crippen molar-refractivity contribution in [3.05, 3.63) is 70.1 Å². The third-order valence-electron chi connectivity index (χ3n) is 4.64. The Kier molecular flexibility index (Phi) is 3.09. The van der Waals surface area contributed by atoms with Crippen molar-refractivity contribution in [2.45, 2.75) is 19.3 Å². The molecule has 0 radical (unpaired) electrons. The van der Waals surface area contributed by atoms with Gasteiger partial charge in [-0.1, -0.05) is 36.4 Å². The molecule has 2 nitrogen and oxygen atoms in total. The molecule has 112 valence electrons. The summed E-state index contributed by atoms with van der Waals surface area (Å²) in [7, 11) is 0. The minimum atomic E-state index is -0.322. The van der Waals surface area contributed by atoms with Crippen LogP contribution in [0.3, 0.4) is 0 Å². The molecule has 2 aromatic carbocycles. The van der Waals surface area contributed by atoms with Gasteiger partial charge >= 0.3 is 5.63 Å². The molecule has 2 heteroatoms. The molecule has 0 unspecified atom stereocenters. The van der Waals surface area contributed by atoms with Crippen molar-refractivity contribution >= 4 is 11.0 Å². The molecule has 1 heterocycles. The fourth-order valence-corrected chi connectivity index (χ4v) is 3.26. The first-order valence-electron chi connectivity index (χ1n) is 7.77. The molecule has 4 rings (SSSR count). The first-order valence-corrected chi connectivity index (χ1v) is 7.77. The maximum Gasteiger partial charge on any atom is 0.336 e. The predicted molar refractivity (Wildman–Crippen MR) is 92.3 cm³/mol. The van der Waals surface area contributed by atoms with Gasteiger partial charge in [-0.3, -0.25) is 0 Å². The minimum Gasteiger partial charge on any atom is -0.423 e. The van der Waals surface area contributed by atoms with Crippen LogP contribution in [0.25, 0.3) is 22.1 Å². The van der Waals surface area contributed by atoms with Crippen LogP contribution in [0.15, 0.2) is 57.7 Å². The van der Waals surface area contributed by atoms with Gasteiger partial charge in [0.1, 0.15) is 5.58 Å². The van der Waals surface area contributed by atoms with Gasteiger partial charge in [0, 0.05) is 22.9 Å². The average Bonchev–Trinajstić information content (AvgIpc) is 3.34. The lowest BCUT2D eigenvalue weighted by Crippen LogP contribution is -1.99. The predicted octanol–water partition coefficient (Wildman–Crippen LogP) is 4.51. The van der Waals surface area contributed by atoms with E-state index in [1.54, 1.807) is 6.07 Å². The summed E-state index contributed by atoms with van der Waals surface area (Å²) in [6.45, 7) is 2.05. The van der Waals surface area contributed by atoms with Crippen LogP contribution in [0.1, 0.15) is 23.5 Å². The van der Waals surface area contributed by atoms with Gasteiger partial charge in [0.25, 0.3) is 0 Å². The molecule has 0 amide bonds. The zero-order valence-electron chi connectivity index (χ0n) is 12.9. The van der Waals surface area contributed by atoms with E-state index in [0.717, 1.165) is 34.1 Å². The Morgan fingerprint density at radius 3 is 2.70 bits per heavy atom. The molecule has 1 aliphatic rings. The monoisotopic (exact) mass is 300 g/mol. The summed E-state index contributed by atoms with van der Waals surface area (Å²) < 4.78 is 5.44. The third-order valence-corrected chi connectivity index (χ3v) is 4.64. The van der Waals surface area contributed by atoms with Gasteiger partial charge < -0.3 is 4.42 Å². The standard InChI is InChI=1S/C21H16O2/c1-3-14-10-18(14)15-8-9-17-19(12-21(22)23-20(17)11-15)16-7-5-4-6-13(16)2/h1,4-9,11-12,14,18H,10H2,2H3/t14-,18-/m0/s1. The van der Waals surface area contributed by atoms with E-state index in [0.29, 0.717) is 17.4 Å². The Hall–Kier alpha value is -2.79. The van der Waals surface area contributed by atoms with Crippen molar-refractivity contribution in [3.63, 3.8) is 0 Å². The van der Waals surface area contributed by atoms with E-state index >= 15 is 0 Å². The number of hydrogen-bond acceptors (Lipinski definition) is 2. The first kappa shape index (κ1) is 13.8. The zero-order chi connectivity index (χ0) is 16.0. The van der Waals surface area contributed by atoms with Crippen LogP contribution >= 0.6 is 0 Å². The molecule has 0 N–H and O–H groups in total. The van der Waals surface area contributed by atoms with Crippen molar-refractivity contribution in [2.75, 3.05) is 0 Å². The second-order valence-corrected chi connectivity index (χ2v) is 6.16. The van der Waals surface area contributed by atoms with Crippen molar-refractivity contribution < 1.29 is 4.42 Å². The summed E-state index contributed by atoms with van der Waals surface area (Å²) in [5.41, 5.74) is 4.59. The number of hydrogen-bond donors (Lipinski definition) is 0. The van der Waals surface area contributed by atoms with Crippen LogP contribution in [0.5, 0.6) is 0 Å². The SMILES string of the molecule is C#C[C@H]1C[C@@H]1c1ccc2c(-c3ccccc3C)cc(=O)oc2c1. The fourth-order valence-electron chi connectivity index (χ4n) is 3.26. The lowest BCUT2D eigenvalue weighted by Gasteiger charge is -2.09. The van der Waals surface area contributed by atoms with E-state index < -0.39 is 0 Å². The summed E-state index contributed by atoms with van der Waals surface area (Å²) in [5, 5.41) is 0.959. The second kappa shape index (κ2) is 5.14. The second-order valence-electron chi connectivity index (χ2n) is 6.16. The van der Waals surface area contributed by atoms with E-state index in [1.807, 2.05) is 43.3 Å². The highest BCUT2D eigenvalue weighted by Crippen LogP contribution is 2.47. The summed E-state index contributed by atoms with van der Waals surface area (Å²) >= 11 is 0. The molecule has 0 bridgehead atoms. The van der Waals surface area contributed by atoms with Crippen LogP contribution in [-0.2, 0) is 0 Å². The van der Waals surface area contributed by atoms with Crippen molar-refractivity contribution in [1.82, 2.24) is 0 Å². The van der Waals surface area contributed by atoms with Gasteiger partial charge in [-0.25, -0.2) is 4.79 Å². The van der Waals surface area contributed by atoms with E-state index in [2.05, 4.69) is 12.0 Å². The van der Waals surface area contributed by atoms with Crippen LogP contribution in [0.4, 0.5) is 0 Å². The highest BCUT2D eigenvalue weighted by molar-refractivity contribution is 5.94. The highest BCUT2D eigenvalue weighted by Gasteiger charge is 2.36. The van der Waals surface area contributed by atoms with Crippen molar-refractivity contribution in [3.8, 4) is 23.5 Å². The lowest BCUT2D eigenvalue weighted by molar-refractivity contribution is 0.561. The maximum atomic E-state index is 12.0. The maximum absolute atomic E-state index is 12.0. The zero-order valence-corrected chi connectivity index (χ0v) is 12.9. The van der Waals surface area contributed by atoms with Crippen molar-refractivity contribution in [2.24, 2.45) is 5.92 Å². The molecule has 1 saturated carbocycles.